The molecule has 3 aromatic heterocycles. The molecule has 61 heavy (non-hydrogen) atoms. The summed E-state index contributed by atoms with van der Waals surface area (Å²) in [6.45, 7) is 0. The Labute approximate surface area is 354 Å². The topological polar surface area (TPSA) is 56.5 Å². The third-order valence-electron chi connectivity index (χ3n) is 11.2. The van der Waals surface area contributed by atoms with Crippen molar-refractivity contribution >= 4 is 21.8 Å². The molecule has 286 valence electrons. The van der Waals surface area contributed by atoms with Crippen LogP contribution in [-0.2, 0) is 0 Å². The maximum atomic E-state index is 5.39. The van der Waals surface area contributed by atoms with Crippen LogP contribution in [0.3, 0.4) is 0 Å². The summed E-state index contributed by atoms with van der Waals surface area (Å²) < 4.78 is 2.37. The minimum Gasteiger partial charge on any atom is -0.309 e. The highest BCUT2D eigenvalue weighted by molar-refractivity contribution is 6.11. The van der Waals surface area contributed by atoms with Gasteiger partial charge in [-0.2, -0.15) is 0 Å². The first kappa shape index (κ1) is 35.8. The second kappa shape index (κ2) is 15.5. The molecule has 0 aliphatic carbocycles. The molecule has 0 saturated carbocycles. The Bertz CT molecular complexity index is 3210. The maximum absolute atomic E-state index is 5.39. The normalized spacial score (nSPS) is 11.3. The fraction of sp³-hybridized carbons (Fsp3) is 0. The fourth-order valence-corrected chi connectivity index (χ4v) is 8.26. The van der Waals surface area contributed by atoms with Gasteiger partial charge in [-0.3, -0.25) is 0 Å². The molecule has 5 heteroatoms. The molecule has 0 spiro atoms. The zero-order valence-corrected chi connectivity index (χ0v) is 33.1. The zero-order chi connectivity index (χ0) is 40.5. The highest BCUT2D eigenvalue weighted by Gasteiger charge is 2.21. The lowest BCUT2D eigenvalue weighted by Crippen LogP contribution is -2.03. The summed E-state index contributed by atoms with van der Waals surface area (Å²) >= 11 is 0. The van der Waals surface area contributed by atoms with Gasteiger partial charge in [0.1, 0.15) is 0 Å². The van der Waals surface area contributed by atoms with Crippen LogP contribution in [-0.4, -0.2) is 24.5 Å². The van der Waals surface area contributed by atoms with Crippen LogP contribution in [0.5, 0.6) is 0 Å². The van der Waals surface area contributed by atoms with Gasteiger partial charge in [0.2, 0.25) is 0 Å². The van der Waals surface area contributed by atoms with Crippen molar-refractivity contribution in [1.29, 1.82) is 0 Å². The average Bonchev–Trinajstić information content (AvgIpc) is 3.68. The first-order chi connectivity index (χ1) is 30.2. The zero-order valence-electron chi connectivity index (χ0n) is 33.1. The summed E-state index contributed by atoms with van der Waals surface area (Å²) in [5, 5.41) is 2.34. The van der Waals surface area contributed by atoms with Gasteiger partial charge < -0.3 is 4.57 Å². The molecule has 0 N–H and O–H groups in total. The SMILES string of the molecule is c1ccc(-c2ccc3c(c2)c2ccccc2n3-c2ccc(-c3cc(-c4ccccc4)nc(-c4ccccc4)n3)cc2-c2nc(-c3ccccc3)cc(-c3ccccc3)n2)cc1. The molecule has 3 heterocycles. The smallest absolute Gasteiger partial charge is 0.162 e. The molecule has 0 aliphatic rings. The van der Waals surface area contributed by atoms with Crippen molar-refractivity contribution in [1.82, 2.24) is 24.5 Å². The van der Waals surface area contributed by atoms with Crippen LogP contribution in [0.2, 0.25) is 0 Å². The quantitative estimate of drug-likeness (QED) is 0.154. The second-order valence-corrected chi connectivity index (χ2v) is 15.1. The number of para-hydroxylation sites is 1. The van der Waals surface area contributed by atoms with Crippen molar-refractivity contribution in [3.8, 4) is 84.6 Å². The number of benzene rings is 8. The van der Waals surface area contributed by atoms with Crippen LogP contribution < -0.4 is 0 Å². The third kappa shape index (κ3) is 6.84. The Hall–Kier alpha value is -8.28. The van der Waals surface area contributed by atoms with E-state index in [9.17, 15) is 0 Å². The number of fused-ring (bicyclic) bond motifs is 3. The van der Waals surface area contributed by atoms with Gasteiger partial charge in [-0.15, -0.1) is 0 Å². The molecule has 0 aliphatic heterocycles. The van der Waals surface area contributed by atoms with E-state index in [1.807, 2.05) is 48.5 Å². The lowest BCUT2D eigenvalue weighted by Gasteiger charge is -2.17. The summed E-state index contributed by atoms with van der Waals surface area (Å²) in [6.07, 6.45) is 0. The number of aromatic nitrogens is 5. The van der Waals surface area contributed by atoms with Gasteiger partial charge in [0.15, 0.2) is 11.6 Å². The van der Waals surface area contributed by atoms with Crippen LogP contribution in [0.4, 0.5) is 0 Å². The number of hydrogen-bond donors (Lipinski definition) is 0. The largest absolute Gasteiger partial charge is 0.309 e. The van der Waals surface area contributed by atoms with Gasteiger partial charge in [-0.1, -0.05) is 182 Å². The molecule has 5 nitrogen and oxygen atoms in total. The van der Waals surface area contributed by atoms with Gasteiger partial charge in [0.25, 0.3) is 0 Å². The van der Waals surface area contributed by atoms with Gasteiger partial charge in [0.05, 0.1) is 39.5 Å². The summed E-state index contributed by atoms with van der Waals surface area (Å²) in [5.74, 6) is 1.28. The van der Waals surface area contributed by atoms with E-state index in [2.05, 4.69) is 180 Å². The van der Waals surface area contributed by atoms with Crippen LogP contribution in [0.25, 0.3) is 106 Å². The molecule has 0 bridgehead atoms. The maximum Gasteiger partial charge on any atom is 0.162 e. The molecule has 8 aromatic carbocycles. The van der Waals surface area contributed by atoms with Gasteiger partial charge >= 0.3 is 0 Å². The molecular formula is C56H37N5. The van der Waals surface area contributed by atoms with Gasteiger partial charge in [-0.25, -0.2) is 19.9 Å². The minimum absolute atomic E-state index is 0.615. The van der Waals surface area contributed by atoms with Crippen molar-refractivity contribution < 1.29 is 0 Å². The van der Waals surface area contributed by atoms with Crippen molar-refractivity contribution in [2.75, 3.05) is 0 Å². The van der Waals surface area contributed by atoms with E-state index in [4.69, 9.17) is 19.9 Å². The number of nitrogens with zero attached hydrogens (tertiary/aromatic N) is 5. The Morgan fingerprint density at radius 3 is 1.25 bits per heavy atom. The molecular weight excluding hydrogens is 743 g/mol. The lowest BCUT2D eigenvalue weighted by molar-refractivity contribution is 1.13. The molecule has 11 rings (SSSR count). The van der Waals surface area contributed by atoms with E-state index in [1.165, 1.54) is 21.9 Å². The fourth-order valence-electron chi connectivity index (χ4n) is 8.26. The Kier molecular flexibility index (Phi) is 9.10. The third-order valence-corrected chi connectivity index (χ3v) is 11.2. The molecule has 0 atom stereocenters. The van der Waals surface area contributed by atoms with Crippen LogP contribution in [0, 0.1) is 0 Å². The van der Waals surface area contributed by atoms with E-state index in [0.717, 1.165) is 72.9 Å². The predicted octanol–water partition coefficient (Wildman–Crippen LogP) is 14.0. The molecule has 11 aromatic rings. The van der Waals surface area contributed by atoms with Crippen LogP contribution >= 0.6 is 0 Å². The van der Waals surface area contributed by atoms with Crippen molar-refractivity contribution in [2.45, 2.75) is 0 Å². The standard InChI is InChI=1S/C56H37N5/c1-6-18-38(19-7-1)43-30-32-53-46(34-43)45-28-16-17-29-52(45)61(53)54-33-31-44(51-37-48(39-20-8-2-9-21-39)57-55(58-51)42-26-14-5-15-27-42)35-47(54)56-59-49(40-22-10-3-11-23-40)36-50(60-56)41-24-12-4-13-25-41/h1-37H. The highest BCUT2D eigenvalue weighted by atomic mass is 15.0. The summed E-state index contributed by atoms with van der Waals surface area (Å²) in [6, 6.07) is 77.9. The van der Waals surface area contributed by atoms with Crippen LogP contribution in [0.15, 0.2) is 224 Å². The van der Waals surface area contributed by atoms with Crippen molar-refractivity contribution in [3.05, 3.63) is 224 Å². The van der Waals surface area contributed by atoms with Crippen LogP contribution in [0.1, 0.15) is 0 Å². The monoisotopic (exact) mass is 779 g/mol. The van der Waals surface area contributed by atoms with Crippen molar-refractivity contribution in [2.24, 2.45) is 0 Å². The number of hydrogen-bond acceptors (Lipinski definition) is 4. The summed E-state index contributed by atoms with van der Waals surface area (Å²) in [7, 11) is 0. The average molecular weight is 780 g/mol. The molecule has 0 amide bonds. The molecule has 0 unspecified atom stereocenters. The Balaban J connectivity index is 1.20. The summed E-state index contributed by atoms with van der Waals surface area (Å²) in [4.78, 5) is 21.1. The van der Waals surface area contributed by atoms with E-state index in [1.54, 1.807) is 0 Å². The first-order valence-corrected chi connectivity index (χ1v) is 20.5. The molecule has 0 fully saturated rings. The highest BCUT2D eigenvalue weighted by Crippen LogP contribution is 2.40. The first-order valence-electron chi connectivity index (χ1n) is 20.5. The Morgan fingerprint density at radius 1 is 0.262 bits per heavy atom. The van der Waals surface area contributed by atoms with E-state index in [0.29, 0.717) is 11.6 Å². The molecule has 0 saturated heterocycles. The van der Waals surface area contributed by atoms with Gasteiger partial charge in [-0.05, 0) is 53.6 Å². The van der Waals surface area contributed by atoms with Gasteiger partial charge in [0, 0.05) is 44.2 Å². The van der Waals surface area contributed by atoms with E-state index in [-0.39, 0.29) is 0 Å². The number of rotatable bonds is 8. The predicted molar refractivity (Wildman–Crippen MR) is 250 cm³/mol. The van der Waals surface area contributed by atoms with Crippen molar-refractivity contribution in [3.63, 3.8) is 0 Å². The minimum atomic E-state index is 0.615. The molecule has 0 radical (unpaired) electrons. The second-order valence-electron chi connectivity index (χ2n) is 15.1. The lowest BCUT2D eigenvalue weighted by atomic mass is 10.0. The summed E-state index contributed by atoms with van der Waals surface area (Å²) in [5.41, 5.74) is 14.7. The van der Waals surface area contributed by atoms with E-state index >= 15 is 0 Å². The van der Waals surface area contributed by atoms with E-state index < -0.39 is 0 Å². The Morgan fingerprint density at radius 2 is 0.689 bits per heavy atom.